The normalized spacial score (nSPS) is 21.0. The molecule has 2 fully saturated rings. The minimum absolute atomic E-state index is 0.0121. The summed E-state index contributed by atoms with van der Waals surface area (Å²) >= 11 is 0. The van der Waals surface area contributed by atoms with E-state index in [0.29, 0.717) is 76.6 Å². The van der Waals surface area contributed by atoms with E-state index in [1.165, 1.54) is 24.3 Å². The number of aryl methyl sites for hydroxylation is 2. The molecule has 4 aromatic rings. The summed E-state index contributed by atoms with van der Waals surface area (Å²) in [6.07, 6.45) is -4.47. The Balaban J connectivity index is 1.02. The fourth-order valence-electron chi connectivity index (χ4n) is 10.6. The molecule has 4 aliphatic heterocycles. The number of likely N-dealkylation sites (tertiary alicyclic amines) is 2. The van der Waals surface area contributed by atoms with Gasteiger partial charge in [0.2, 0.25) is 5.91 Å². The van der Waals surface area contributed by atoms with Crippen molar-refractivity contribution in [2.75, 3.05) is 32.7 Å². The molecule has 3 amide bonds. The summed E-state index contributed by atoms with van der Waals surface area (Å²) in [7, 11) is 0. The molecule has 0 aliphatic carbocycles. The summed E-state index contributed by atoms with van der Waals surface area (Å²) in [6, 6.07) is 10.6. The zero-order valence-electron chi connectivity index (χ0n) is 36.5. The van der Waals surface area contributed by atoms with Crippen LogP contribution in [0.3, 0.4) is 0 Å². The van der Waals surface area contributed by atoms with Crippen LogP contribution in [-0.4, -0.2) is 103 Å². The van der Waals surface area contributed by atoms with Gasteiger partial charge in [0, 0.05) is 79.8 Å². The second kappa shape index (κ2) is 18.4. The molecular formula is C47H56F6N8O3. The number of nitrogens with zero attached hydrogens (tertiary/aromatic N) is 6. The maximum atomic E-state index is 14.8. The minimum Gasteiger partial charge on any atom is -0.338 e. The van der Waals surface area contributed by atoms with Crippen LogP contribution in [0.25, 0.3) is 0 Å². The van der Waals surface area contributed by atoms with E-state index in [2.05, 4.69) is 25.3 Å². The number of fused-ring (bicyclic) bond motifs is 2. The smallest absolute Gasteiger partial charge is 0.338 e. The van der Waals surface area contributed by atoms with E-state index >= 15 is 0 Å². The van der Waals surface area contributed by atoms with Gasteiger partial charge in [0.25, 0.3) is 11.8 Å². The number of carbonyl (C=O) groups excluding carboxylic acids is 3. The van der Waals surface area contributed by atoms with Crippen LogP contribution in [0.15, 0.2) is 48.5 Å². The van der Waals surface area contributed by atoms with Crippen molar-refractivity contribution in [1.29, 1.82) is 0 Å². The third-order valence-corrected chi connectivity index (χ3v) is 14.0. The average molecular weight is 895 g/mol. The molecule has 3 atom stereocenters. The second-order valence-corrected chi connectivity index (χ2v) is 18.3. The van der Waals surface area contributed by atoms with Gasteiger partial charge in [0.05, 0.1) is 11.1 Å². The van der Waals surface area contributed by atoms with Gasteiger partial charge in [0.1, 0.15) is 0 Å². The summed E-state index contributed by atoms with van der Waals surface area (Å²) in [4.78, 5) is 49.4. The average Bonchev–Trinajstić information content (AvgIpc) is 3.71. The predicted octanol–water partition coefficient (Wildman–Crippen LogP) is 8.74. The monoisotopic (exact) mass is 894 g/mol. The molecule has 2 saturated heterocycles. The van der Waals surface area contributed by atoms with Crippen LogP contribution in [0.1, 0.15) is 143 Å². The van der Waals surface area contributed by atoms with Crippen LogP contribution in [0.2, 0.25) is 0 Å². The van der Waals surface area contributed by atoms with Crippen molar-refractivity contribution in [3.63, 3.8) is 0 Å². The summed E-state index contributed by atoms with van der Waals surface area (Å²) in [5.74, 6) is -1.64. The van der Waals surface area contributed by atoms with Crippen molar-refractivity contribution in [2.24, 2.45) is 5.92 Å². The Morgan fingerprint density at radius 2 is 1.20 bits per heavy atom. The number of aromatic amines is 2. The summed E-state index contributed by atoms with van der Waals surface area (Å²) in [6.45, 7) is 8.34. The number of rotatable bonds is 8. The largest absolute Gasteiger partial charge is 0.416 e. The van der Waals surface area contributed by atoms with Gasteiger partial charge in [0.15, 0.2) is 11.4 Å². The highest BCUT2D eigenvalue weighted by molar-refractivity contribution is 5.95. The van der Waals surface area contributed by atoms with E-state index in [1.807, 2.05) is 20.8 Å². The van der Waals surface area contributed by atoms with Crippen molar-refractivity contribution >= 4 is 17.7 Å². The number of benzene rings is 2. The van der Waals surface area contributed by atoms with Crippen LogP contribution in [-0.2, 0) is 43.1 Å². The first-order valence-electron chi connectivity index (χ1n) is 22.6. The Bertz CT molecular complexity index is 2330. The van der Waals surface area contributed by atoms with Gasteiger partial charge >= 0.3 is 12.4 Å². The molecule has 0 saturated carbocycles. The molecular weight excluding hydrogens is 839 g/mol. The first kappa shape index (κ1) is 45.4. The van der Waals surface area contributed by atoms with Crippen molar-refractivity contribution in [3.8, 4) is 0 Å². The lowest BCUT2D eigenvalue weighted by Gasteiger charge is -2.42. The zero-order valence-corrected chi connectivity index (χ0v) is 36.5. The molecule has 344 valence electrons. The van der Waals surface area contributed by atoms with Crippen LogP contribution in [0, 0.1) is 5.92 Å². The zero-order chi connectivity index (χ0) is 45.5. The molecule has 2 aromatic heterocycles. The van der Waals surface area contributed by atoms with Crippen molar-refractivity contribution in [1.82, 2.24) is 40.0 Å². The highest BCUT2D eigenvalue weighted by Gasteiger charge is 2.42. The van der Waals surface area contributed by atoms with Crippen LogP contribution < -0.4 is 0 Å². The van der Waals surface area contributed by atoms with E-state index in [4.69, 9.17) is 0 Å². The molecule has 2 N–H and O–H groups in total. The van der Waals surface area contributed by atoms with E-state index in [-0.39, 0.29) is 84.3 Å². The number of halogens is 6. The molecule has 17 heteroatoms. The van der Waals surface area contributed by atoms with Gasteiger partial charge in [-0.25, -0.2) is 0 Å². The number of hydrogen-bond donors (Lipinski definition) is 2. The summed E-state index contributed by atoms with van der Waals surface area (Å²) in [5.41, 5.74) is 2.75. The number of H-pyrrole nitrogens is 2. The number of aromatic nitrogens is 4. The summed E-state index contributed by atoms with van der Waals surface area (Å²) < 4.78 is 84.6. The Labute approximate surface area is 368 Å². The van der Waals surface area contributed by atoms with Crippen molar-refractivity contribution in [3.05, 3.63) is 105 Å². The molecule has 8 rings (SSSR count). The first-order chi connectivity index (χ1) is 30.5. The fourth-order valence-corrected chi connectivity index (χ4v) is 10.6. The van der Waals surface area contributed by atoms with Gasteiger partial charge in [-0.15, -0.1) is 0 Å². The minimum atomic E-state index is -4.55. The standard InChI is InChI=1S/C47H56F6N8O3/c1-28(2)43(62)60-20-9-15-40-36(27-60)42(57-55-40)45(64)61-23-18-31(34-11-5-7-13-38(34)47(51,52)53)25-32(61)24-29(3)59-19-8-14-39-35(26-59)41(56-54-39)44(63)58-21-16-30(17-22-58)33-10-4-6-12-37(33)46(48,49)50/h4-7,10-13,28-32H,8-9,14-27H2,1-3H3,(H,54,56)(H,55,57). The molecule has 0 bridgehead atoms. The SMILES string of the molecule is CC(C)C(=O)N1CCCc2[nH]nc(C(=O)N3CCC(c4ccccc4C(F)(F)F)CC3CC(C)N3CCCc4[nH]nc(C(=O)N5CCC(c6ccccc6C(F)(F)F)CC5)c4C3)c2C1. The van der Waals surface area contributed by atoms with E-state index in [0.717, 1.165) is 35.5 Å². The topological polar surface area (TPSA) is 122 Å². The molecule has 11 nitrogen and oxygen atoms in total. The number of carbonyl (C=O) groups is 3. The molecule has 0 radical (unpaired) electrons. The molecule has 6 heterocycles. The predicted molar refractivity (Wildman–Crippen MR) is 226 cm³/mol. The van der Waals surface area contributed by atoms with Gasteiger partial charge in [-0.1, -0.05) is 50.2 Å². The van der Waals surface area contributed by atoms with Gasteiger partial charge in [-0.2, -0.15) is 36.5 Å². The van der Waals surface area contributed by atoms with Gasteiger partial charge < -0.3 is 14.7 Å². The lowest BCUT2D eigenvalue weighted by Crippen LogP contribution is -2.49. The first-order valence-corrected chi connectivity index (χ1v) is 22.6. The molecule has 2 aromatic carbocycles. The number of hydrogen-bond acceptors (Lipinski definition) is 6. The Hall–Kier alpha value is -5.19. The van der Waals surface area contributed by atoms with Crippen LogP contribution in [0.5, 0.6) is 0 Å². The maximum Gasteiger partial charge on any atom is 0.416 e. The molecule has 4 aliphatic rings. The fraction of sp³-hybridized carbons (Fsp3) is 0.553. The third kappa shape index (κ3) is 9.32. The second-order valence-electron chi connectivity index (χ2n) is 18.3. The van der Waals surface area contributed by atoms with Crippen LogP contribution in [0.4, 0.5) is 26.3 Å². The Kier molecular flexibility index (Phi) is 13.0. The highest BCUT2D eigenvalue weighted by atomic mass is 19.4. The summed E-state index contributed by atoms with van der Waals surface area (Å²) in [5, 5.41) is 15.1. The Morgan fingerprint density at radius 3 is 1.80 bits per heavy atom. The van der Waals surface area contributed by atoms with Crippen molar-refractivity contribution in [2.45, 2.75) is 128 Å². The van der Waals surface area contributed by atoms with Crippen molar-refractivity contribution < 1.29 is 40.7 Å². The van der Waals surface area contributed by atoms with E-state index in [1.54, 1.807) is 26.8 Å². The van der Waals surface area contributed by atoms with Gasteiger partial charge in [-0.05, 0) is 106 Å². The van der Waals surface area contributed by atoms with E-state index < -0.39 is 35.4 Å². The number of nitrogens with one attached hydrogen (secondary N) is 2. The molecule has 64 heavy (non-hydrogen) atoms. The quantitative estimate of drug-likeness (QED) is 0.171. The van der Waals surface area contributed by atoms with Gasteiger partial charge in [-0.3, -0.25) is 29.5 Å². The number of alkyl halides is 6. The lowest BCUT2D eigenvalue weighted by atomic mass is 9.81. The van der Waals surface area contributed by atoms with Crippen LogP contribution >= 0.6 is 0 Å². The molecule has 0 spiro atoms. The molecule has 3 unspecified atom stereocenters. The third-order valence-electron chi connectivity index (χ3n) is 14.0. The highest BCUT2D eigenvalue weighted by Crippen LogP contribution is 2.42. The lowest BCUT2D eigenvalue weighted by molar-refractivity contribution is -0.139. The Morgan fingerprint density at radius 1 is 0.672 bits per heavy atom. The number of piperidine rings is 2. The maximum absolute atomic E-state index is 14.8. The number of amides is 3. The van der Waals surface area contributed by atoms with E-state index in [9.17, 15) is 40.7 Å².